The molecule has 414 valence electrons. The van der Waals surface area contributed by atoms with Crippen LogP contribution in [0.25, 0.3) is 31.3 Å². The fourth-order valence-electron chi connectivity index (χ4n) is 5.18. The molecule has 0 bridgehead atoms. The number of nitrogens with zero attached hydrogens (tertiary/aromatic N) is 9. The van der Waals surface area contributed by atoms with Gasteiger partial charge in [-0.15, -0.1) is 0 Å². The molecule has 0 spiro atoms. The summed E-state index contributed by atoms with van der Waals surface area (Å²) in [4.78, 5) is 58.9. The molecule has 0 atom stereocenters. The van der Waals surface area contributed by atoms with Gasteiger partial charge in [0, 0.05) is 73.3 Å². The van der Waals surface area contributed by atoms with Crippen molar-refractivity contribution in [1.29, 1.82) is 0 Å². The molecule has 72 heavy (non-hydrogen) atoms. The molecule has 30 heteroatoms. The van der Waals surface area contributed by atoms with Crippen LogP contribution in [0.4, 0.5) is 4.79 Å². The van der Waals surface area contributed by atoms with E-state index >= 15 is 0 Å². The van der Waals surface area contributed by atoms with Crippen molar-refractivity contribution in [3.05, 3.63) is 31.3 Å². The minimum atomic E-state index is -1.39. The van der Waals surface area contributed by atoms with Crippen molar-refractivity contribution in [2.75, 3.05) is 198 Å². The Kier molecular flexibility index (Phi) is 46.3. The molecule has 0 unspecified atom stereocenters. The van der Waals surface area contributed by atoms with E-state index in [2.05, 4.69) is 51.3 Å². The van der Waals surface area contributed by atoms with Crippen molar-refractivity contribution in [1.82, 2.24) is 21.3 Å². The summed E-state index contributed by atoms with van der Waals surface area (Å²) in [6, 6.07) is 0. The molecule has 0 saturated heterocycles. The maximum Gasteiger partial charge on any atom is 0.408 e. The van der Waals surface area contributed by atoms with E-state index in [0.29, 0.717) is 99.1 Å². The number of nitrogens with one attached hydrogen (secondary N) is 4. The van der Waals surface area contributed by atoms with Gasteiger partial charge >= 0.3 is 6.09 Å². The van der Waals surface area contributed by atoms with E-state index in [4.69, 9.17) is 78.2 Å². The minimum Gasteiger partial charge on any atom is -0.444 e. The molecule has 0 aliphatic carbocycles. The fourth-order valence-corrected chi connectivity index (χ4v) is 5.18. The first kappa shape index (κ1) is 67.1. The van der Waals surface area contributed by atoms with Crippen molar-refractivity contribution in [2.45, 2.75) is 51.2 Å². The molecule has 30 nitrogen and oxygen atoms in total. The van der Waals surface area contributed by atoms with Crippen LogP contribution >= 0.6 is 0 Å². The highest BCUT2D eigenvalue weighted by Gasteiger charge is 2.36. The fraction of sp³-hybridized carbons (Fsp3) is 0.905. The zero-order valence-electron chi connectivity index (χ0n) is 42.3. The van der Waals surface area contributed by atoms with Crippen LogP contribution in [-0.4, -0.2) is 233 Å². The van der Waals surface area contributed by atoms with Crippen LogP contribution in [0.5, 0.6) is 0 Å². The highest BCUT2D eigenvalue weighted by molar-refractivity contribution is 5.76. The molecular formula is C42H79N13O17. The second-order valence-corrected chi connectivity index (χ2v) is 15.7. The highest BCUT2D eigenvalue weighted by atomic mass is 16.6. The largest absolute Gasteiger partial charge is 0.444 e. The van der Waals surface area contributed by atoms with Crippen LogP contribution < -0.4 is 21.3 Å². The molecule has 0 fully saturated rings. The molecule has 0 rings (SSSR count). The normalized spacial score (nSPS) is 11.9. The second kappa shape index (κ2) is 49.7. The van der Waals surface area contributed by atoms with Crippen molar-refractivity contribution in [3.63, 3.8) is 0 Å². The summed E-state index contributed by atoms with van der Waals surface area (Å²) in [5.41, 5.74) is 22.5. The number of amides is 4. The van der Waals surface area contributed by atoms with Gasteiger partial charge in [0.05, 0.1) is 159 Å². The van der Waals surface area contributed by atoms with Gasteiger partial charge in [-0.1, -0.05) is 15.3 Å². The van der Waals surface area contributed by atoms with Crippen molar-refractivity contribution < 1.29 is 80.8 Å². The third-order valence-corrected chi connectivity index (χ3v) is 8.46. The van der Waals surface area contributed by atoms with Gasteiger partial charge in [-0.3, -0.25) is 14.4 Å². The molecule has 4 N–H and O–H groups in total. The molecule has 0 heterocycles. The molecule has 0 aromatic carbocycles. The van der Waals surface area contributed by atoms with Crippen LogP contribution in [0.15, 0.2) is 15.3 Å². The molecule has 0 aliphatic heterocycles. The quantitative estimate of drug-likeness (QED) is 0.0292. The van der Waals surface area contributed by atoms with Crippen LogP contribution in [0, 0.1) is 0 Å². The summed E-state index contributed by atoms with van der Waals surface area (Å²) in [6.45, 7) is 11.6. The van der Waals surface area contributed by atoms with Gasteiger partial charge in [0.25, 0.3) is 0 Å². The zero-order chi connectivity index (χ0) is 52.9. The minimum absolute atomic E-state index is 0.0206. The molecule has 0 aliphatic rings. The van der Waals surface area contributed by atoms with Gasteiger partial charge < -0.3 is 82.8 Å². The van der Waals surface area contributed by atoms with Gasteiger partial charge in [0.1, 0.15) is 11.1 Å². The molecule has 4 amide bonds. The lowest BCUT2D eigenvalue weighted by molar-refractivity contribution is -0.123. The van der Waals surface area contributed by atoms with E-state index in [-0.39, 0.29) is 136 Å². The average molecular weight is 1040 g/mol. The Morgan fingerprint density at radius 1 is 0.389 bits per heavy atom. The number of hydrogen-bond donors (Lipinski definition) is 4. The van der Waals surface area contributed by atoms with Crippen LogP contribution in [-0.2, 0) is 76.0 Å². The monoisotopic (exact) mass is 1040 g/mol. The maximum atomic E-state index is 13.2. The van der Waals surface area contributed by atoms with E-state index in [9.17, 15) is 19.2 Å². The first-order valence-corrected chi connectivity index (χ1v) is 23.7. The number of azide groups is 3. The van der Waals surface area contributed by atoms with Gasteiger partial charge in [0.15, 0.2) is 0 Å². The molecular weight excluding hydrogens is 959 g/mol. The Morgan fingerprint density at radius 2 is 0.653 bits per heavy atom. The maximum absolute atomic E-state index is 13.2. The first-order chi connectivity index (χ1) is 35.0. The topological polar surface area (TPSA) is 383 Å². The zero-order valence-corrected chi connectivity index (χ0v) is 42.3. The van der Waals surface area contributed by atoms with Crippen LogP contribution in [0.2, 0.25) is 0 Å². The van der Waals surface area contributed by atoms with E-state index in [1.807, 2.05) is 0 Å². The summed E-state index contributed by atoms with van der Waals surface area (Å²) in [6.07, 6.45) is -0.859. The Bertz CT molecular complexity index is 1380. The summed E-state index contributed by atoms with van der Waals surface area (Å²) in [7, 11) is 0. The lowest BCUT2D eigenvalue weighted by Gasteiger charge is -2.35. The Morgan fingerprint density at radius 3 is 0.917 bits per heavy atom. The van der Waals surface area contributed by atoms with Gasteiger partial charge in [-0.2, -0.15) is 0 Å². The smallest absolute Gasteiger partial charge is 0.408 e. The van der Waals surface area contributed by atoms with Gasteiger partial charge in [0.2, 0.25) is 17.7 Å². The average Bonchev–Trinajstić information content (AvgIpc) is 3.34. The SMILES string of the molecule is CC(C)(C)OC(=O)NC(COCCC(=O)NCCOCCOCCOCCN=[N+]=[N-])(COCCC(=O)NCCOCCOCCOCCN=[N+]=[N-])COCCC(=O)NCCOCCOCCOCCN=[N+]=[N-]. The summed E-state index contributed by atoms with van der Waals surface area (Å²) < 4.78 is 71.7. The third kappa shape index (κ3) is 48.7. The van der Waals surface area contributed by atoms with E-state index in [1.165, 1.54) is 0 Å². The van der Waals surface area contributed by atoms with E-state index in [0.717, 1.165) is 0 Å². The molecule has 0 saturated carbocycles. The van der Waals surface area contributed by atoms with Crippen LogP contribution in [0.3, 0.4) is 0 Å². The predicted octanol–water partition coefficient (Wildman–Crippen LogP) is 1.90. The summed E-state index contributed by atoms with van der Waals surface area (Å²) in [5.74, 6) is -0.905. The lowest BCUT2D eigenvalue weighted by atomic mass is 10.0. The number of alkyl carbamates (subject to hydrolysis) is 1. The number of hydrogen-bond acceptors (Lipinski definition) is 20. The Balaban J connectivity index is 5.08. The van der Waals surface area contributed by atoms with Gasteiger partial charge in [-0.05, 0) is 37.4 Å². The number of rotatable bonds is 52. The Labute approximate surface area is 420 Å². The highest BCUT2D eigenvalue weighted by Crippen LogP contribution is 2.14. The third-order valence-electron chi connectivity index (χ3n) is 8.46. The van der Waals surface area contributed by atoms with Crippen molar-refractivity contribution in [2.24, 2.45) is 15.3 Å². The number of ether oxygens (including phenoxy) is 13. The standard InChI is InChI=1S/C42H79N13O17/c1-41(2,3)72-40(59)52-42(34-69-13-4-37(56)46-7-16-60-22-28-66-31-25-63-19-10-49-53-43,35-70-14-5-38(57)47-8-17-61-23-29-67-32-26-64-20-11-50-54-44)36-71-15-6-39(58)48-9-18-62-24-30-68-33-27-65-21-12-51-55-45/h4-36H2,1-3H3,(H,46,56)(H,47,57)(H,48,58)(H,52,59). The van der Waals surface area contributed by atoms with Gasteiger partial charge in [-0.25, -0.2) is 4.79 Å². The second-order valence-electron chi connectivity index (χ2n) is 15.7. The van der Waals surface area contributed by atoms with E-state index < -0.39 is 17.2 Å². The predicted molar refractivity (Wildman–Crippen MR) is 257 cm³/mol. The van der Waals surface area contributed by atoms with Crippen LogP contribution in [0.1, 0.15) is 40.0 Å². The van der Waals surface area contributed by atoms with Crippen molar-refractivity contribution >= 4 is 23.8 Å². The number of carbonyl (C=O) groups is 4. The summed E-state index contributed by atoms with van der Waals surface area (Å²) >= 11 is 0. The van der Waals surface area contributed by atoms with Crippen molar-refractivity contribution in [3.8, 4) is 0 Å². The first-order valence-electron chi connectivity index (χ1n) is 23.7. The van der Waals surface area contributed by atoms with E-state index in [1.54, 1.807) is 20.8 Å². The lowest BCUT2D eigenvalue weighted by Crippen LogP contribution is -2.59. The molecule has 0 aromatic heterocycles. The molecule has 0 radical (unpaired) electrons. The molecule has 0 aromatic rings. The number of carbonyl (C=O) groups excluding carboxylic acids is 4. The summed E-state index contributed by atoms with van der Waals surface area (Å²) in [5, 5.41) is 21.2. The Hall–Kier alpha value is -4.87.